The van der Waals surface area contributed by atoms with Crippen molar-refractivity contribution in [2.75, 3.05) is 0 Å². The predicted molar refractivity (Wildman–Crippen MR) is 80.0 cm³/mol. The van der Waals surface area contributed by atoms with Gasteiger partial charge in [-0.2, -0.15) is 4.99 Å². The Morgan fingerprint density at radius 2 is 2.11 bits per heavy atom. The number of fused-ring (bicyclic) bond motifs is 1. The lowest BCUT2D eigenvalue weighted by Gasteiger charge is -2.11. The molecular formula is C15H18N2OS. The second kappa shape index (κ2) is 5.13. The lowest BCUT2D eigenvalue weighted by Crippen LogP contribution is -2.23. The minimum atomic E-state index is -0.456. The van der Waals surface area contributed by atoms with E-state index in [1.54, 1.807) is 0 Å². The molecule has 0 aliphatic heterocycles. The Balaban J connectivity index is 2.66. The molecule has 0 aliphatic carbocycles. The summed E-state index contributed by atoms with van der Waals surface area (Å²) in [4.78, 5) is 17.1. The summed E-state index contributed by atoms with van der Waals surface area (Å²) in [6.45, 7) is 10.1. The average molecular weight is 274 g/mol. The summed E-state index contributed by atoms with van der Waals surface area (Å²) in [6.07, 6.45) is 1.82. The summed E-state index contributed by atoms with van der Waals surface area (Å²) in [5.41, 5.74) is 0.634. The van der Waals surface area contributed by atoms with E-state index in [-0.39, 0.29) is 5.91 Å². The van der Waals surface area contributed by atoms with Crippen LogP contribution in [0.2, 0.25) is 0 Å². The maximum atomic E-state index is 12.1. The minimum Gasteiger partial charge on any atom is -0.313 e. The number of allylic oxidation sites excluding steroid dienone is 1. The first-order chi connectivity index (χ1) is 8.93. The van der Waals surface area contributed by atoms with E-state index in [0.717, 1.165) is 15.0 Å². The minimum absolute atomic E-state index is 0.100. The number of para-hydroxylation sites is 1. The maximum absolute atomic E-state index is 12.1. The van der Waals surface area contributed by atoms with Crippen molar-refractivity contribution >= 4 is 27.5 Å². The number of hydrogen-bond acceptors (Lipinski definition) is 2. The van der Waals surface area contributed by atoms with E-state index in [1.165, 1.54) is 11.3 Å². The van der Waals surface area contributed by atoms with E-state index in [0.29, 0.717) is 6.54 Å². The quantitative estimate of drug-likeness (QED) is 0.773. The lowest BCUT2D eigenvalue weighted by molar-refractivity contribution is -0.125. The zero-order valence-electron chi connectivity index (χ0n) is 11.5. The summed E-state index contributed by atoms with van der Waals surface area (Å²) in [7, 11) is 0. The third-order valence-electron chi connectivity index (χ3n) is 2.74. The van der Waals surface area contributed by atoms with Crippen molar-refractivity contribution in [2.45, 2.75) is 27.3 Å². The lowest BCUT2D eigenvalue weighted by atomic mass is 9.96. The van der Waals surface area contributed by atoms with Crippen LogP contribution in [0.5, 0.6) is 0 Å². The highest BCUT2D eigenvalue weighted by Gasteiger charge is 2.21. The van der Waals surface area contributed by atoms with Gasteiger partial charge in [0.2, 0.25) is 0 Å². The van der Waals surface area contributed by atoms with Crippen LogP contribution >= 0.6 is 11.3 Å². The molecule has 0 aliphatic rings. The SMILES string of the molecule is C=CCn1c(=NC(=O)C(C)(C)C)sc2ccccc21. The van der Waals surface area contributed by atoms with Crippen LogP contribution in [0.25, 0.3) is 10.2 Å². The fraction of sp³-hybridized carbons (Fsp3) is 0.333. The van der Waals surface area contributed by atoms with E-state index >= 15 is 0 Å². The van der Waals surface area contributed by atoms with Gasteiger partial charge in [0.05, 0.1) is 10.2 Å². The highest BCUT2D eigenvalue weighted by molar-refractivity contribution is 7.16. The number of aromatic nitrogens is 1. The molecule has 0 fully saturated rings. The van der Waals surface area contributed by atoms with Crippen molar-refractivity contribution in [1.29, 1.82) is 0 Å². The van der Waals surface area contributed by atoms with Gasteiger partial charge in [0.1, 0.15) is 0 Å². The number of amides is 1. The fourth-order valence-corrected chi connectivity index (χ4v) is 2.70. The van der Waals surface area contributed by atoms with Crippen LogP contribution in [0.15, 0.2) is 41.9 Å². The summed E-state index contributed by atoms with van der Waals surface area (Å²) >= 11 is 1.54. The second-order valence-corrected chi connectivity index (χ2v) is 6.43. The summed E-state index contributed by atoms with van der Waals surface area (Å²) in [5.74, 6) is -0.100. The van der Waals surface area contributed by atoms with Crippen LogP contribution in [0, 0.1) is 5.41 Å². The van der Waals surface area contributed by atoms with Gasteiger partial charge in [-0.15, -0.1) is 6.58 Å². The molecule has 3 nitrogen and oxygen atoms in total. The third kappa shape index (κ3) is 2.84. The molecule has 0 bridgehead atoms. The monoisotopic (exact) mass is 274 g/mol. The molecule has 1 amide bonds. The van der Waals surface area contributed by atoms with Crippen molar-refractivity contribution in [3.8, 4) is 0 Å². The van der Waals surface area contributed by atoms with Gasteiger partial charge in [0.15, 0.2) is 4.80 Å². The number of hydrogen-bond donors (Lipinski definition) is 0. The van der Waals surface area contributed by atoms with Gasteiger partial charge in [-0.1, -0.05) is 50.3 Å². The summed E-state index contributed by atoms with van der Waals surface area (Å²) in [5, 5.41) is 0. The van der Waals surface area contributed by atoms with Crippen molar-refractivity contribution in [3.63, 3.8) is 0 Å². The molecule has 0 saturated heterocycles. The molecule has 0 N–H and O–H groups in total. The zero-order valence-corrected chi connectivity index (χ0v) is 12.3. The van der Waals surface area contributed by atoms with Crippen LogP contribution in [0.3, 0.4) is 0 Å². The first-order valence-electron chi connectivity index (χ1n) is 6.22. The summed E-state index contributed by atoms with van der Waals surface area (Å²) < 4.78 is 3.15. The van der Waals surface area contributed by atoms with Crippen molar-refractivity contribution in [1.82, 2.24) is 4.57 Å². The molecule has 2 aromatic rings. The molecule has 4 heteroatoms. The fourth-order valence-electron chi connectivity index (χ4n) is 1.67. The standard InChI is InChI=1S/C15H18N2OS/c1-5-10-17-11-8-6-7-9-12(11)19-14(17)16-13(18)15(2,3)4/h5-9H,1,10H2,2-4H3. The number of carbonyl (C=O) groups is 1. The molecule has 0 spiro atoms. The Hall–Kier alpha value is -1.68. The molecule has 0 saturated carbocycles. The third-order valence-corrected chi connectivity index (χ3v) is 3.80. The Kier molecular flexibility index (Phi) is 3.71. The number of carbonyl (C=O) groups excluding carboxylic acids is 1. The van der Waals surface area contributed by atoms with Gasteiger partial charge in [-0.3, -0.25) is 4.79 Å². The first kappa shape index (κ1) is 13.7. The van der Waals surface area contributed by atoms with E-state index in [4.69, 9.17) is 0 Å². The van der Waals surface area contributed by atoms with Gasteiger partial charge in [0, 0.05) is 12.0 Å². The normalized spacial score (nSPS) is 12.9. The van der Waals surface area contributed by atoms with Crippen LogP contribution in [0.4, 0.5) is 0 Å². The van der Waals surface area contributed by atoms with E-state index in [1.807, 2.05) is 55.7 Å². The molecule has 0 unspecified atom stereocenters. The highest BCUT2D eigenvalue weighted by Crippen LogP contribution is 2.18. The van der Waals surface area contributed by atoms with Gasteiger partial charge >= 0.3 is 0 Å². The van der Waals surface area contributed by atoms with E-state index in [2.05, 4.69) is 11.6 Å². The molecule has 2 rings (SSSR count). The van der Waals surface area contributed by atoms with Crippen LogP contribution in [-0.4, -0.2) is 10.5 Å². The van der Waals surface area contributed by atoms with Crippen molar-refractivity contribution < 1.29 is 4.79 Å². The average Bonchev–Trinajstić information content (AvgIpc) is 2.67. The van der Waals surface area contributed by atoms with Crippen LogP contribution in [-0.2, 0) is 11.3 Å². The number of rotatable bonds is 2. The maximum Gasteiger partial charge on any atom is 0.253 e. The first-order valence-corrected chi connectivity index (χ1v) is 7.03. The molecule has 1 aromatic heterocycles. The Morgan fingerprint density at radius 1 is 1.42 bits per heavy atom. The van der Waals surface area contributed by atoms with E-state index < -0.39 is 5.41 Å². The predicted octanol–water partition coefficient (Wildman–Crippen LogP) is 3.36. The molecule has 0 atom stereocenters. The Bertz CT molecular complexity index is 686. The summed E-state index contributed by atoms with van der Waals surface area (Å²) in [6, 6.07) is 8.06. The Morgan fingerprint density at radius 3 is 2.74 bits per heavy atom. The smallest absolute Gasteiger partial charge is 0.253 e. The zero-order chi connectivity index (χ0) is 14.0. The highest BCUT2D eigenvalue weighted by atomic mass is 32.1. The Labute approximate surface area is 116 Å². The number of benzene rings is 1. The second-order valence-electron chi connectivity index (χ2n) is 5.42. The number of thiazole rings is 1. The van der Waals surface area contributed by atoms with Gasteiger partial charge in [-0.05, 0) is 12.1 Å². The molecule has 19 heavy (non-hydrogen) atoms. The van der Waals surface area contributed by atoms with Crippen molar-refractivity contribution in [3.05, 3.63) is 41.7 Å². The molecule has 1 heterocycles. The van der Waals surface area contributed by atoms with Crippen molar-refractivity contribution in [2.24, 2.45) is 10.4 Å². The number of nitrogens with zero attached hydrogens (tertiary/aromatic N) is 2. The largest absolute Gasteiger partial charge is 0.313 e. The van der Waals surface area contributed by atoms with Crippen LogP contribution < -0.4 is 4.80 Å². The topological polar surface area (TPSA) is 34.4 Å². The van der Waals surface area contributed by atoms with Gasteiger partial charge in [0.25, 0.3) is 5.91 Å². The van der Waals surface area contributed by atoms with Crippen LogP contribution in [0.1, 0.15) is 20.8 Å². The van der Waals surface area contributed by atoms with E-state index in [9.17, 15) is 4.79 Å². The molecule has 100 valence electrons. The molecule has 1 aromatic carbocycles. The molecule has 0 radical (unpaired) electrons. The van der Waals surface area contributed by atoms with Gasteiger partial charge in [-0.25, -0.2) is 0 Å². The van der Waals surface area contributed by atoms with Gasteiger partial charge < -0.3 is 4.57 Å². The molecular weight excluding hydrogens is 256 g/mol.